The number of rotatable bonds is 7. The van der Waals surface area contributed by atoms with Gasteiger partial charge in [-0.2, -0.15) is 0 Å². The van der Waals surface area contributed by atoms with E-state index in [1.54, 1.807) is 13.3 Å². The fraction of sp³-hybridized carbons (Fsp3) is 0.167. The van der Waals surface area contributed by atoms with Crippen LogP contribution in [-0.4, -0.2) is 29.2 Å². The first-order chi connectivity index (χ1) is 15.1. The van der Waals surface area contributed by atoms with Crippen molar-refractivity contribution in [3.05, 3.63) is 88.9 Å². The highest BCUT2D eigenvalue weighted by atomic mass is 79.9. The van der Waals surface area contributed by atoms with E-state index < -0.39 is 6.04 Å². The molecule has 6 nitrogen and oxygen atoms in total. The van der Waals surface area contributed by atoms with Crippen molar-refractivity contribution in [3.8, 4) is 11.5 Å². The van der Waals surface area contributed by atoms with Gasteiger partial charge in [0.05, 0.1) is 11.6 Å². The van der Waals surface area contributed by atoms with Crippen LogP contribution in [0, 0.1) is 0 Å². The monoisotopic (exact) mass is 479 g/mol. The van der Waals surface area contributed by atoms with Gasteiger partial charge in [0.2, 0.25) is 0 Å². The summed E-state index contributed by atoms with van der Waals surface area (Å²) in [7, 11) is 3.52. The van der Waals surface area contributed by atoms with E-state index in [2.05, 4.69) is 26.2 Å². The molecule has 158 valence electrons. The summed E-state index contributed by atoms with van der Waals surface area (Å²) in [4.78, 5) is 17.2. The van der Waals surface area contributed by atoms with Crippen LogP contribution in [0.25, 0.3) is 10.8 Å². The number of halogens is 1. The quantitative estimate of drug-likeness (QED) is 0.419. The van der Waals surface area contributed by atoms with Crippen molar-refractivity contribution in [2.24, 2.45) is 7.05 Å². The number of methoxy groups -OCH3 is 1. The first-order valence-corrected chi connectivity index (χ1v) is 10.6. The van der Waals surface area contributed by atoms with Crippen molar-refractivity contribution in [3.63, 3.8) is 0 Å². The van der Waals surface area contributed by atoms with Crippen molar-refractivity contribution in [1.29, 1.82) is 0 Å². The maximum Gasteiger partial charge on any atom is 0.258 e. The van der Waals surface area contributed by atoms with Crippen LogP contribution in [-0.2, 0) is 11.8 Å². The van der Waals surface area contributed by atoms with Crippen LogP contribution in [0.15, 0.2) is 77.5 Å². The van der Waals surface area contributed by atoms with Crippen molar-refractivity contribution in [2.45, 2.75) is 6.04 Å². The number of ether oxygens (including phenoxy) is 2. The largest absolute Gasteiger partial charge is 0.497 e. The second-order valence-electron chi connectivity index (χ2n) is 7.06. The molecule has 4 rings (SSSR count). The van der Waals surface area contributed by atoms with Crippen LogP contribution in [0.4, 0.5) is 0 Å². The molecule has 0 aliphatic heterocycles. The Morgan fingerprint density at radius 3 is 2.61 bits per heavy atom. The van der Waals surface area contributed by atoms with Gasteiger partial charge in [0.1, 0.15) is 23.4 Å². The number of carbonyl (C=O) groups is 1. The number of nitrogens with one attached hydrogen (secondary N) is 1. The minimum atomic E-state index is -0.415. The molecule has 1 heterocycles. The fourth-order valence-corrected chi connectivity index (χ4v) is 4.03. The Kier molecular flexibility index (Phi) is 6.23. The van der Waals surface area contributed by atoms with Gasteiger partial charge in [0, 0.05) is 19.4 Å². The number of aryl methyl sites for hydroxylation is 1. The lowest BCUT2D eigenvalue weighted by molar-refractivity contribution is -0.123. The third-order valence-electron chi connectivity index (χ3n) is 5.06. The highest BCUT2D eigenvalue weighted by Crippen LogP contribution is 2.33. The number of hydrogen-bond acceptors (Lipinski definition) is 4. The number of nitrogens with zero attached hydrogens (tertiary/aromatic N) is 2. The third-order valence-corrected chi connectivity index (χ3v) is 5.88. The molecular weight excluding hydrogens is 458 g/mol. The Morgan fingerprint density at radius 2 is 1.90 bits per heavy atom. The molecule has 4 aromatic rings. The molecule has 0 saturated heterocycles. The van der Waals surface area contributed by atoms with Crippen LogP contribution >= 0.6 is 15.9 Å². The van der Waals surface area contributed by atoms with Crippen LogP contribution in [0.5, 0.6) is 11.5 Å². The fourth-order valence-electron chi connectivity index (χ4n) is 3.42. The predicted octanol–water partition coefficient (Wildman–Crippen LogP) is 4.63. The highest BCUT2D eigenvalue weighted by molar-refractivity contribution is 9.10. The molecule has 0 spiro atoms. The Balaban J connectivity index is 1.51. The molecule has 1 N–H and O–H groups in total. The topological polar surface area (TPSA) is 65.4 Å². The van der Waals surface area contributed by atoms with Gasteiger partial charge in [0.25, 0.3) is 5.91 Å². The van der Waals surface area contributed by atoms with Gasteiger partial charge in [-0.15, -0.1) is 0 Å². The van der Waals surface area contributed by atoms with Gasteiger partial charge in [-0.25, -0.2) is 4.98 Å². The standard InChI is InChI=1S/C24H22BrN3O3/c1-28-14-13-26-24(28)23(17-7-10-18(30-2)11-8-17)27-21(29)15-31-20-12-9-16-5-3-4-6-19(16)22(20)25/h3-14,23H,15H2,1-2H3,(H,27,29). The van der Waals surface area contributed by atoms with E-state index in [-0.39, 0.29) is 12.5 Å². The van der Waals surface area contributed by atoms with Crippen LogP contribution < -0.4 is 14.8 Å². The molecule has 7 heteroatoms. The number of amides is 1. The van der Waals surface area contributed by atoms with E-state index in [0.29, 0.717) is 5.75 Å². The van der Waals surface area contributed by atoms with E-state index in [1.165, 1.54) is 0 Å². The molecule has 0 aliphatic carbocycles. The lowest BCUT2D eigenvalue weighted by Crippen LogP contribution is -2.34. The molecule has 0 bridgehead atoms. The molecule has 0 radical (unpaired) electrons. The third kappa shape index (κ3) is 4.56. The normalized spacial score (nSPS) is 11.8. The molecule has 1 atom stereocenters. The van der Waals surface area contributed by atoms with Gasteiger partial charge in [-0.3, -0.25) is 4.79 Å². The smallest absolute Gasteiger partial charge is 0.258 e. The zero-order chi connectivity index (χ0) is 21.8. The second-order valence-corrected chi connectivity index (χ2v) is 7.85. The zero-order valence-electron chi connectivity index (χ0n) is 17.2. The van der Waals surface area contributed by atoms with E-state index in [1.807, 2.05) is 78.5 Å². The van der Waals surface area contributed by atoms with Crippen molar-refractivity contribution < 1.29 is 14.3 Å². The Morgan fingerprint density at radius 1 is 1.13 bits per heavy atom. The Bertz CT molecular complexity index is 1200. The molecule has 1 unspecified atom stereocenters. The first kappa shape index (κ1) is 20.9. The van der Waals surface area contributed by atoms with Crippen LogP contribution in [0.3, 0.4) is 0 Å². The molecule has 0 fully saturated rings. The molecule has 0 saturated carbocycles. The maximum absolute atomic E-state index is 12.8. The van der Waals surface area contributed by atoms with E-state index >= 15 is 0 Å². The number of carbonyl (C=O) groups excluding carboxylic acids is 1. The predicted molar refractivity (Wildman–Crippen MR) is 123 cm³/mol. The van der Waals surface area contributed by atoms with E-state index in [9.17, 15) is 4.79 Å². The van der Waals surface area contributed by atoms with Gasteiger partial charge >= 0.3 is 0 Å². The minimum absolute atomic E-state index is 0.117. The highest BCUT2D eigenvalue weighted by Gasteiger charge is 2.21. The van der Waals surface area contributed by atoms with Crippen molar-refractivity contribution in [1.82, 2.24) is 14.9 Å². The molecular formula is C24H22BrN3O3. The van der Waals surface area contributed by atoms with Crippen molar-refractivity contribution >= 4 is 32.6 Å². The van der Waals surface area contributed by atoms with Gasteiger partial charge < -0.3 is 19.4 Å². The molecule has 1 amide bonds. The summed E-state index contributed by atoms with van der Waals surface area (Å²) in [6.45, 7) is -0.117. The molecule has 3 aromatic carbocycles. The Labute approximate surface area is 188 Å². The number of fused-ring (bicyclic) bond motifs is 1. The summed E-state index contributed by atoms with van der Waals surface area (Å²) in [6, 6.07) is 19.0. The maximum atomic E-state index is 12.8. The van der Waals surface area contributed by atoms with E-state index in [0.717, 1.165) is 32.4 Å². The summed E-state index contributed by atoms with van der Waals surface area (Å²) in [5, 5.41) is 5.17. The zero-order valence-corrected chi connectivity index (χ0v) is 18.8. The SMILES string of the molecule is COc1ccc(C(NC(=O)COc2ccc3ccccc3c2Br)c2nccn2C)cc1. The summed E-state index contributed by atoms with van der Waals surface area (Å²) in [5.41, 5.74) is 0.898. The second kappa shape index (κ2) is 9.22. The minimum Gasteiger partial charge on any atom is -0.497 e. The van der Waals surface area contributed by atoms with Gasteiger partial charge in [-0.1, -0.05) is 42.5 Å². The summed E-state index contributed by atoms with van der Waals surface area (Å²) < 4.78 is 13.8. The van der Waals surface area contributed by atoms with Crippen LogP contribution in [0.2, 0.25) is 0 Å². The average Bonchev–Trinajstić information content (AvgIpc) is 3.23. The van der Waals surface area contributed by atoms with E-state index in [4.69, 9.17) is 9.47 Å². The number of aromatic nitrogens is 2. The Hall–Kier alpha value is -3.32. The lowest BCUT2D eigenvalue weighted by atomic mass is 10.1. The number of benzene rings is 3. The van der Waals surface area contributed by atoms with Crippen LogP contribution in [0.1, 0.15) is 17.4 Å². The summed E-state index contributed by atoms with van der Waals surface area (Å²) in [5.74, 6) is 1.85. The number of imidazole rings is 1. The van der Waals surface area contributed by atoms with Gasteiger partial charge in [-0.05, 0) is 50.5 Å². The average molecular weight is 480 g/mol. The summed E-state index contributed by atoms with van der Waals surface area (Å²) >= 11 is 3.59. The lowest BCUT2D eigenvalue weighted by Gasteiger charge is -2.20. The van der Waals surface area contributed by atoms with Gasteiger partial charge in [0.15, 0.2) is 6.61 Å². The number of hydrogen-bond donors (Lipinski definition) is 1. The summed E-state index contributed by atoms with van der Waals surface area (Å²) in [6.07, 6.45) is 3.56. The molecule has 0 aliphatic rings. The molecule has 31 heavy (non-hydrogen) atoms. The van der Waals surface area contributed by atoms with Crippen molar-refractivity contribution in [2.75, 3.05) is 13.7 Å². The first-order valence-electron chi connectivity index (χ1n) is 9.77. The molecule has 1 aromatic heterocycles.